The Labute approximate surface area is 185 Å². The third kappa shape index (κ3) is 4.05. The molecule has 0 aromatic heterocycles. The molecule has 7 heteroatoms. The van der Waals surface area contributed by atoms with Gasteiger partial charge in [-0.15, -0.1) is 0 Å². The van der Waals surface area contributed by atoms with E-state index in [0.717, 1.165) is 57.7 Å². The summed E-state index contributed by atoms with van der Waals surface area (Å²) >= 11 is 0. The summed E-state index contributed by atoms with van der Waals surface area (Å²) in [7, 11) is 1.71. The maximum Gasteiger partial charge on any atom is 0.326 e. The zero-order chi connectivity index (χ0) is 22.2. The van der Waals surface area contributed by atoms with Gasteiger partial charge >= 0.3 is 6.03 Å². The molecule has 0 unspecified atom stereocenters. The normalized spacial score (nSPS) is 27.0. The number of amides is 3. The molecule has 3 aliphatic rings. The van der Waals surface area contributed by atoms with E-state index in [1.165, 1.54) is 16.0 Å². The van der Waals surface area contributed by atoms with E-state index in [1.54, 1.807) is 7.11 Å². The largest absolute Gasteiger partial charge is 0.496 e. The lowest BCUT2D eigenvalue weighted by molar-refractivity contribution is -0.138. The summed E-state index contributed by atoms with van der Waals surface area (Å²) in [4.78, 5) is 32.2. The molecule has 0 radical (unpaired) electrons. The molecule has 3 fully saturated rings. The molecule has 1 N–H and O–H groups in total. The van der Waals surface area contributed by atoms with Crippen LogP contribution in [0.3, 0.4) is 0 Å². The number of rotatable bonds is 5. The summed E-state index contributed by atoms with van der Waals surface area (Å²) in [6.45, 7) is 11.0. The summed E-state index contributed by atoms with van der Waals surface area (Å²) in [6.07, 6.45) is 3.11. The SMILES string of the molecule is COc1ccc(C)cc1CN1CCN(CN2C(=O)NC3(C2=O)[C@@H](C)CCC[C@@H]3C)CC1. The van der Waals surface area contributed by atoms with Crippen molar-refractivity contribution in [3.63, 3.8) is 0 Å². The fourth-order valence-electron chi connectivity index (χ4n) is 5.64. The van der Waals surface area contributed by atoms with Crippen molar-refractivity contribution in [3.05, 3.63) is 29.3 Å². The van der Waals surface area contributed by atoms with Crippen molar-refractivity contribution in [2.24, 2.45) is 11.8 Å². The highest BCUT2D eigenvalue weighted by Crippen LogP contribution is 2.42. The average molecular weight is 429 g/mol. The first-order valence-electron chi connectivity index (χ1n) is 11.6. The molecule has 1 aliphatic carbocycles. The van der Waals surface area contributed by atoms with Crippen LogP contribution in [0.2, 0.25) is 0 Å². The summed E-state index contributed by atoms with van der Waals surface area (Å²) in [5.74, 6) is 1.26. The number of nitrogens with one attached hydrogen (secondary N) is 1. The number of urea groups is 1. The molecular weight excluding hydrogens is 392 g/mol. The highest BCUT2D eigenvalue weighted by atomic mass is 16.5. The van der Waals surface area contributed by atoms with Crippen LogP contribution in [0.4, 0.5) is 4.79 Å². The number of carbonyl (C=O) groups is 2. The van der Waals surface area contributed by atoms with Gasteiger partial charge < -0.3 is 10.1 Å². The van der Waals surface area contributed by atoms with Crippen LogP contribution < -0.4 is 10.1 Å². The van der Waals surface area contributed by atoms with Gasteiger partial charge in [-0.05, 0) is 37.7 Å². The summed E-state index contributed by atoms with van der Waals surface area (Å²) in [5, 5.41) is 3.10. The maximum absolute atomic E-state index is 13.4. The van der Waals surface area contributed by atoms with Gasteiger partial charge in [-0.1, -0.05) is 38.0 Å². The minimum absolute atomic E-state index is 0.0240. The van der Waals surface area contributed by atoms with Crippen LogP contribution >= 0.6 is 0 Å². The van der Waals surface area contributed by atoms with E-state index in [0.29, 0.717) is 6.67 Å². The van der Waals surface area contributed by atoms with Crippen LogP contribution in [0.15, 0.2) is 18.2 Å². The maximum atomic E-state index is 13.4. The Hall–Kier alpha value is -2.12. The van der Waals surface area contributed by atoms with E-state index in [-0.39, 0.29) is 23.8 Å². The molecule has 1 aromatic carbocycles. The van der Waals surface area contributed by atoms with Crippen LogP contribution in [0.1, 0.15) is 44.2 Å². The third-order valence-electron chi connectivity index (χ3n) is 7.62. The summed E-state index contributed by atoms with van der Waals surface area (Å²) < 4.78 is 5.52. The standard InChI is InChI=1S/C24H36N4O3/c1-17-8-9-21(31-4)20(14-17)15-26-10-12-27(13-11-26)16-28-22(29)24(25-23(28)30)18(2)6-5-7-19(24)3/h8-9,14,18-19H,5-7,10-13,15-16H2,1-4H3,(H,25,30)/t18-,19-/m0/s1. The Morgan fingerprint density at radius 3 is 2.35 bits per heavy atom. The van der Waals surface area contributed by atoms with E-state index in [4.69, 9.17) is 4.74 Å². The van der Waals surface area contributed by atoms with Crippen LogP contribution in [-0.2, 0) is 11.3 Å². The predicted octanol–water partition coefficient (Wildman–Crippen LogP) is 2.83. The number of imide groups is 1. The van der Waals surface area contributed by atoms with Crippen LogP contribution in [0.25, 0.3) is 0 Å². The van der Waals surface area contributed by atoms with Crippen LogP contribution in [-0.4, -0.2) is 72.1 Å². The molecule has 1 aromatic rings. The van der Waals surface area contributed by atoms with Gasteiger partial charge in [0.1, 0.15) is 11.3 Å². The van der Waals surface area contributed by atoms with Crippen molar-refractivity contribution in [2.75, 3.05) is 40.0 Å². The monoisotopic (exact) mass is 428 g/mol. The molecule has 170 valence electrons. The molecule has 2 heterocycles. The molecule has 1 saturated carbocycles. The Bertz CT molecular complexity index is 824. The number of carbonyl (C=O) groups excluding carboxylic acids is 2. The van der Waals surface area contributed by atoms with Crippen molar-refractivity contribution >= 4 is 11.9 Å². The van der Waals surface area contributed by atoms with Gasteiger partial charge in [0.25, 0.3) is 5.91 Å². The number of hydrogen-bond donors (Lipinski definition) is 1. The number of ether oxygens (including phenoxy) is 1. The van der Waals surface area contributed by atoms with Crippen LogP contribution in [0, 0.1) is 18.8 Å². The minimum atomic E-state index is -0.709. The topological polar surface area (TPSA) is 65.1 Å². The number of piperazine rings is 1. The first kappa shape index (κ1) is 22.1. The van der Waals surface area contributed by atoms with E-state index in [2.05, 4.69) is 48.0 Å². The Kier molecular flexibility index (Phi) is 6.26. The lowest BCUT2D eigenvalue weighted by atomic mass is 9.67. The Morgan fingerprint density at radius 1 is 1.06 bits per heavy atom. The Balaban J connectivity index is 1.36. The quantitative estimate of drug-likeness (QED) is 0.731. The molecule has 7 nitrogen and oxygen atoms in total. The molecule has 2 aliphatic heterocycles. The van der Waals surface area contributed by atoms with Gasteiger partial charge in [0, 0.05) is 38.3 Å². The number of aryl methyl sites for hydroxylation is 1. The van der Waals surface area contributed by atoms with Gasteiger partial charge in [-0.2, -0.15) is 0 Å². The van der Waals surface area contributed by atoms with Crippen molar-refractivity contribution in [3.8, 4) is 5.75 Å². The van der Waals surface area contributed by atoms with Crippen molar-refractivity contribution in [1.82, 2.24) is 20.0 Å². The second-order valence-electron chi connectivity index (χ2n) is 9.62. The fourth-order valence-corrected chi connectivity index (χ4v) is 5.64. The lowest BCUT2D eigenvalue weighted by Crippen LogP contribution is -2.59. The number of benzene rings is 1. The van der Waals surface area contributed by atoms with Crippen molar-refractivity contribution < 1.29 is 14.3 Å². The fraction of sp³-hybridized carbons (Fsp3) is 0.667. The number of nitrogens with zero attached hydrogens (tertiary/aromatic N) is 3. The molecule has 3 amide bonds. The number of hydrogen-bond acceptors (Lipinski definition) is 5. The zero-order valence-corrected chi connectivity index (χ0v) is 19.3. The van der Waals surface area contributed by atoms with Gasteiger partial charge in [0.2, 0.25) is 0 Å². The molecule has 1 spiro atoms. The Morgan fingerprint density at radius 2 is 1.71 bits per heavy atom. The molecular formula is C24H36N4O3. The zero-order valence-electron chi connectivity index (χ0n) is 19.3. The molecule has 2 saturated heterocycles. The summed E-state index contributed by atoms with van der Waals surface area (Å²) in [6, 6.07) is 6.06. The highest BCUT2D eigenvalue weighted by molar-refractivity contribution is 6.07. The van der Waals surface area contributed by atoms with Gasteiger partial charge in [-0.3, -0.25) is 14.6 Å². The van der Waals surface area contributed by atoms with Gasteiger partial charge in [-0.25, -0.2) is 9.69 Å². The first-order chi connectivity index (χ1) is 14.8. The van der Waals surface area contributed by atoms with Crippen LogP contribution in [0.5, 0.6) is 5.75 Å². The van der Waals surface area contributed by atoms with E-state index in [1.807, 2.05) is 6.07 Å². The predicted molar refractivity (Wildman–Crippen MR) is 120 cm³/mol. The first-order valence-corrected chi connectivity index (χ1v) is 11.6. The average Bonchev–Trinajstić information content (AvgIpc) is 2.99. The highest BCUT2D eigenvalue weighted by Gasteiger charge is 2.58. The van der Waals surface area contributed by atoms with E-state index in [9.17, 15) is 9.59 Å². The second-order valence-corrected chi connectivity index (χ2v) is 9.62. The van der Waals surface area contributed by atoms with Gasteiger partial charge in [0.05, 0.1) is 13.8 Å². The second kappa shape index (κ2) is 8.79. The minimum Gasteiger partial charge on any atom is -0.496 e. The molecule has 0 bridgehead atoms. The number of methoxy groups -OCH3 is 1. The smallest absolute Gasteiger partial charge is 0.326 e. The van der Waals surface area contributed by atoms with Gasteiger partial charge in [0.15, 0.2) is 0 Å². The summed E-state index contributed by atoms with van der Waals surface area (Å²) in [5.41, 5.74) is 1.72. The molecule has 2 atom stereocenters. The van der Waals surface area contributed by atoms with E-state index < -0.39 is 5.54 Å². The third-order valence-corrected chi connectivity index (χ3v) is 7.62. The molecule has 31 heavy (non-hydrogen) atoms. The molecule has 4 rings (SSSR count). The van der Waals surface area contributed by atoms with E-state index >= 15 is 0 Å². The lowest BCUT2D eigenvalue weighted by Gasteiger charge is -2.42. The van der Waals surface area contributed by atoms with Crippen molar-refractivity contribution in [2.45, 2.75) is 52.1 Å². The van der Waals surface area contributed by atoms with Crippen molar-refractivity contribution in [1.29, 1.82) is 0 Å².